The highest BCUT2D eigenvalue weighted by Crippen LogP contribution is 2.25. The minimum absolute atomic E-state index is 0.534. The molecule has 1 aromatic rings. The molecule has 0 saturated heterocycles. The number of aryl methyl sites for hydroxylation is 1. The van der Waals surface area contributed by atoms with Crippen LogP contribution in [0.3, 0.4) is 0 Å². The highest BCUT2D eigenvalue weighted by Gasteiger charge is 2.32. The quantitative estimate of drug-likeness (QED) is 0.657. The van der Waals surface area contributed by atoms with Crippen LogP contribution in [-0.2, 0) is 0 Å². The maximum Gasteiger partial charge on any atom is 0.573 e. The Balaban J connectivity index is 0.000000673. The number of ether oxygens (including phenoxy) is 1. The van der Waals surface area contributed by atoms with Crippen molar-refractivity contribution in [3.63, 3.8) is 0 Å². The predicted molar refractivity (Wildman–Crippen MR) is 53.8 cm³/mol. The zero-order valence-corrected chi connectivity index (χ0v) is 9.36. The molecule has 1 nitrogen and oxygen atoms in total. The van der Waals surface area contributed by atoms with Crippen LogP contribution in [0, 0.1) is 12.7 Å². The van der Waals surface area contributed by atoms with Crippen molar-refractivity contribution < 1.29 is 22.3 Å². The summed E-state index contributed by atoms with van der Waals surface area (Å²) >= 11 is 0. The van der Waals surface area contributed by atoms with E-state index in [1.54, 1.807) is 6.92 Å². The summed E-state index contributed by atoms with van der Waals surface area (Å²) in [5.74, 6) is -1.82. The first-order chi connectivity index (χ1) is 7.30. The molecule has 5 heteroatoms. The topological polar surface area (TPSA) is 9.23 Å². The molecule has 0 aliphatic rings. The van der Waals surface area contributed by atoms with Gasteiger partial charge in [-0.1, -0.05) is 26.3 Å². The number of hydrogen-bond acceptors (Lipinski definition) is 1. The van der Waals surface area contributed by atoms with Gasteiger partial charge in [0.15, 0.2) is 11.6 Å². The molecular weight excluding hydrogens is 224 g/mol. The highest BCUT2D eigenvalue weighted by molar-refractivity contribution is 5.28. The molecule has 1 rings (SSSR count). The van der Waals surface area contributed by atoms with Gasteiger partial charge in [-0.2, -0.15) is 0 Å². The van der Waals surface area contributed by atoms with Gasteiger partial charge in [-0.3, -0.25) is 0 Å². The first kappa shape index (κ1) is 14.7. The van der Waals surface area contributed by atoms with Crippen molar-refractivity contribution in [3.8, 4) is 5.75 Å². The lowest BCUT2D eigenvalue weighted by Gasteiger charge is -2.09. The molecule has 16 heavy (non-hydrogen) atoms. The second-order valence-electron chi connectivity index (χ2n) is 3.19. The molecule has 0 aliphatic heterocycles. The van der Waals surface area contributed by atoms with Gasteiger partial charge in [0.25, 0.3) is 0 Å². The SMILES string of the molecule is CCC.Cc1ccc(OC(F)(F)F)c(F)c1. The molecule has 92 valence electrons. The molecular formula is C11H14F4O. The summed E-state index contributed by atoms with van der Waals surface area (Å²) in [7, 11) is 0. The Morgan fingerprint density at radius 3 is 2.06 bits per heavy atom. The van der Waals surface area contributed by atoms with Crippen LogP contribution in [0.15, 0.2) is 18.2 Å². The third-order valence-electron chi connectivity index (χ3n) is 1.31. The lowest BCUT2D eigenvalue weighted by molar-refractivity contribution is -0.275. The number of benzene rings is 1. The van der Waals surface area contributed by atoms with Crippen molar-refractivity contribution in [2.24, 2.45) is 0 Å². The van der Waals surface area contributed by atoms with Crippen LogP contribution in [0.4, 0.5) is 17.6 Å². The Bertz CT molecular complexity index is 320. The Morgan fingerprint density at radius 1 is 1.19 bits per heavy atom. The predicted octanol–water partition coefficient (Wildman–Crippen LogP) is 4.45. The summed E-state index contributed by atoms with van der Waals surface area (Å²) in [6.07, 6.45) is -3.60. The van der Waals surface area contributed by atoms with E-state index in [-0.39, 0.29) is 0 Å². The van der Waals surface area contributed by atoms with E-state index in [1.165, 1.54) is 12.5 Å². The monoisotopic (exact) mass is 238 g/mol. The van der Waals surface area contributed by atoms with Gasteiger partial charge >= 0.3 is 6.36 Å². The maximum atomic E-state index is 12.8. The second kappa shape index (κ2) is 6.35. The van der Waals surface area contributed by atoms with Crippen molar-refractivity contribution >= 4 is 0 Å². The Hall–Kier alpha value is -1.26. The van der Waals surface area contributed by atoms with Gasteiger partial charge in [-0.25, -0.2) is 4.39 Å². The minimum atomic E-state index is -4.85. The molecule has 1 aromatic carbocycles. The van der Waals surface area contributed by atoms with E-state index in [4.69, 9.17) is 0 Å². The fraction of sp³-hybridized carbons (Fsp3) is 0.455. The first-order valence-electron chi connectivity index (χ1n) is 4.82. The van der Waals surface area contributed by atoms with Crippen LogP contribution < -0.4 is 4.74 Å². The molecule has 0 spiro atoms. The standard InChI is InChI=1S/C8H6F4O.C3H8/c1-5-2-3-7(6(9)4-5)13-8(10,11)12;1-3-2/h2-4H,1H3;3H2,1-2H3. The van der Waals surface area contributed by atoms with E-state index in [0.29, 0.717) is 5.56 Å². The molecule has 0 radical (unpaired) electrons. The van der Waals surface area contributed by atoms with E-state index in [0.717, 1.165) is 12.1 Å². The lowest BCUT2D eigenvalue weighted by atomic mass is 10.2. The molecule has 0 saturated carbocycles. The normalized spacial score (nSPS) is 10.4. The van der Waals surface area contributed by atoms with Gasteiger partial charge in [0, 0.05) is 0 Å². The summed E-state index contributed by atoms with van der Waals surface area (Å²) in [5, 5.41) is 0. The largest absolute Gasteiger partial charge is 0.573 e. The lowest BCUT2D eigenvalue weighted by Crippen LogP contribution is -2.17. The van der Waals surface area contributed by atoms with Gasteiger partial charge in [0.05, 0.1) is 0 Å². The summed E-state index contributed by atoms with van der Waals surface area (Å²) in [5.41, 5.74) is 0.534. The zero-order valence-electron chi connectivity index (χ0n) is 9.36. The van der Waals surface area contributed by atoms with Gasteiger partial charge < -0.3 is 4.74 Å². The molecule has 0 atom stereocenters. The van der Waals surface area contributed by atoms with Crippen molar-refractivity contribution in [3.05, 3.63) is 29.6 Å². The van der Waals surface area contributed by atoms with Crippen molar-refractivity contribution in [1.82, 2.24) is 0 Å². The maximum absolute atomic E-state index is 12.8. The molecule has 0 aromatic heterocycles. The molecule has 0 aliphatic carbocycles. The number of rotatable bonds is 1. The van der Waals surface area contributed by atoms with E-state index in [9.17, 15) is 17.6 Å². The van der Waals surface area contributed by atoms with E-state index >= 15 is 0 Å². The molecule has 0 N–H and O–H groups in total. The Kier molecular flexibility index (Phi) is 5.85. The molecule has 0 bridgehead atoms. The second-order valence-corrected chi connectivity index (χ2v) is 3.19. The Morgan fingerprint density at radius 2 is 1.69 bits per heavy atom. The average molecular weight is 238 g/mol. The molecule has 0 unspecified atom stereocenters. The fourth-order valence-electron chi connectivity index (χ4n) is 0.813. The Labute approximate surface area is 92.0 Å². The number of halogens is 4. The average Bonchev–Trinajstić information content (AvgIpc) is 2.09. The first-order valence-corrected chi connectivity index (χ1v) is 4.82. The molecule has 0 heterocycles. The third kappa shape index (κ3) is 6.27. The fourth-order valence-corrected chi connectivity index (χ4v) is 0.813. The van der Waals surface area contributed by atoms with E-state index in [2.05, 4.69) is 18.6 Å². The van der Waals surface area contributed by atoms with Crippen LogP contribution in [0.2, 0.25) is 0 Å². The molecule has 0 fully saturated rings. The van der Waals surface area contributed by atoms with Gasteiger partial charge in [0.1, 0.15) is 0 Å². The van der Waals surface area contributed by atoms with E-state index in [1.807, 2.05) is 0 Å². The summed E-state index contributed by atoms with van der Waals surface area (Å²) in [6, 6.07) is 3.25. The van der Waals surface area contributed by atoms with E-state index < -0.39 is 17.9 Å². The van der Waals surface area contributed by atoms with Crippen LogP contribution in [-0.4, -0.2) is 6.36 Å². The molecule has 0 amide bonds. The van der Waals surface area contributed by atoms with Gasteiger partial charge in [-0.05, 0) is 24.6 Å². The highest BCUT2D eigenvalue weighted by atomic mass is 19.4. The van der Waals surface area contributed by atoms with Crippen molar-refractivity contribution in [2.75, 3.05) is 0 Å². The van der Waals surface area contributed by atoms with Gasteiger partial charge in [-0.15, -0.1) is 13.2 Å². The summed E-state index contributed by atoms with van der Waals surface area (Å²) < 4.78 is 51.1. The summed E-state index contributed by atoms with van der Waals surface area (Å²) in [4.78, 5) is 0. The van der Waals surface area contributed by atoms with Crippen molar-refractivity contribution in [1.29, 1.82) is 0 Å². The number of hydrogen-bond donors (Lipinski definition) is 0. The smallest absolute Gasteiger partial charge is 0.403 e. The van der Waals surface area contributed by atoms with Crippen LogP contribution >= 0.6 is 0 Å². The number of alkyl halides is 3. The van der Waals surface area contributed by atoms with Crippen LogP contribution in [0.1, 0.15) is 25.8 Å². The zero-order chi connectivity index (χ0) is 12.8. The van der Waals surface area contributed by atoms with Gasteiger partial charge in [0.2, 0.25) is 0 Å². The van der Waals surface area contributed by atoms with Crippen LogP contribution in [0.5, 0.6) is 5.75 Å². The minimum Gasteiger partial charge on any atom is -0.403 e. The summed E-state index contributed by atoms with van der Waals surface area (Å²) in [6.45, 7) is 5.82. The third-order valence-corrected chi connectivity index (χ3v) is 1.31. The van der Waals surface area contributed by atoms with Crippen LogP contribution in [0.25, 0.3) is 0 Å². The van der Waals surface area contributed by atoms with Crippen molar-refractivity contribution in [2.45, 2.75) is 33.6 Å².